The van der Waals surface area contributed by atoms with Crippen molar-refractivity contribution in [2.75, 3.05) is 54.4 Å². The lowest BCUT2D eigenvalue weighted by molar-refractivity contribution is 0.589. The van der Waals surface area contributed by atoms with Crippen LogP contribution in [0.5, 0.6) is 0 Å². The van der Waals surface area contributed by atoms with Crippen LogP contribution in [0.25, 0.3) is 21.5 Å². The van der Waals surface area contributed by atoms with Gasteiger partial charge in [0.25, 0.3) is 0 Å². The Balaban J connectivity index is 1.37. The molecule has 0 unspecified atom stereocenters. The van der Waals surface area contributed by atoms with Gasteiger partial charge in [0.05, 0.1) is 28.3 Å². The molecule has 34 heavy (non-hydrogen) atoms. The third-order valence-electron chi connectivity index (χ3n) is 5.90. The number of pyridine rings is 1. The minimum Gasteiger partial charge on any atom is -0.368 e. The molecule has 4 heterocycles. The summed E-state index contributed by atoms with van der Waals surface area (Å²) >= 11 is 1.60. The maximum absolute atomic E-state index is 14.7. The van der Waals surface area contributed by atoms with Gasteiger partial charge in [-0.2, -0.15) is 0 Å². The van der Waals surface area contributed by atoms with Gasteiger partial charge in [0.15, 0.2) is 10.9 Å². The summed E-state index contributed by atoms with van der Waals surface area (Å²) in [6.45, 7) is 9.86. The molecule has 0 spiro atoms. The Morgan fingerprint density at radius 3 is 2.62 bits per heavy atom. The van der Waals surface area contributed by atoms with Gasteiger partial charge in [-0.05, 0) is 38.1 Å². The molecule has 1 aromatic carbocycles. The number of piperazine rings is 1. The van der Waals surface area contributed by atoms with Crippen molar-refractivity contribution in [3.63, 3.8) is 0 Å². The Kier molecular flexibility index (Phi) is 6.50. The molecule has 8 nitrogen and oxygen atoms in total. The third kappa shape index (κ3) is 4.64. The van der Waals surface area contributed by atoms with Crippen molar-refractivity contribution in [2.24, 2.45) is 0 Å². The van der Waals surface area contributed by atoms with E-state index in [1.807, 2.05) is 36.5 Å². The molecule has 176 valence electrons. The molecule has 0 radical (unpaired) electrons. The van der Waals surface area contributed by atoms with Crippen LogP contribution < -0.4 is 20.4 Å². The number of rotatable bonds is 7. The molecule has 0 atom stereocenters. The summed E-state index contributed by atoms with van der Waals surface area (Å²) in [5.74, 6) is 0.436. The summed E-state index contributed by atoms with van der Waals surface area (Å²) in [6, 6.07) is 9.62. The second-order valence-electron chi connectivity index (χ2n) is 8.01. The zero-order valence-electron chi connectivity index (χ0n) is 19.3. The number of halogens is 1. The van der Waals surface area contributed by atoms with E-state index < -0.39 is 5.82 Å². The van der Waals surface area contributed by atoms with Crippen LogP contribution in [0.1, 0.15) is 13.8 Å². The molecule has 0 saturated carbocycles. The number of fused-ring (bicyclic) bond motifs is 1. The van der Waals surface area contributed by atoms with Crippen LogP contribution in [-0.2, 0) is 0 Å². The molecule has 0 amide bonds. The van der Waals surface area contributed by atoms with Crippen molar-refractivity contribution >= 4 is 44.1 Å². The van der Waals surface area contributed by atoms with Crippen LogP contribution in [0.4, 0.5) is 27.0 Å². The zero-order chi connectivity index (χ0) is 23.5. The van der Waals surface area contributed by atoms with E-state index in [-0.39, 0.29) is 5.69 Å². The second kappa shape index (κ2) is 9.86. The zero-order valence-corrected chi connectivity index (χ0v) is 20.1. The first-order valence-corrected chi connectivity index (χ1v) is 12.3. The molecular weight excluding hydrogens is 451 g/mol. The fourth-order valence-corrected chi connectivity index (χ4v) is 5.14. The second-order valence-corrected chi connectivity index (χ2v) is 9.01. The topological polar surface area (TPSA) is 82.1 Å². The summed E-state index contributed by atoms with van der Waals surface area (Å²) in [5.41, 5.74) is 2.91. The van der Waals surface area contributed by atoms with Gasteiger partial charge >= 0.3 is 0 Å². The lowest BCUT2D eigenvalue weighted by Crippen LogP contribution is -2.43. The number of thiazole rings is 1. The molecule has 0 bridgehead atoms. The number of nitrogens with one attached hydrogen (secondary N) is 2. The first-order chi connectivity index (χ1) is 16.6. The average Bonchev–Trinajstić information content (AvgIpc) is 3.30. The largest absolute Gasteiger partial charge is 0.368 e. The van der Waals surface area contributed by atoms with Crippen LogP contribution in [0, 0.1) is 5.82 Å². The molecule has 1 saturated heterocycles. The fourth-order valence-electron chi connectivity index (χ4n) is 4.00. The maximum atomic E-state index is 14.7. The van der Waals surface area contributed by atoms with E-state index in [1.165, 1.54) is 6.20 Å². The molecule has 4 aromatic rings. The predicted octanol–water partition coefficient (Wildman–Crippen LogP) is 4.29. The molecule has 10 heteroatoms. The lowest BCUT2D eigenvalue weighted by Gasteiger charge is -2.29. The van der Waals surface area contributed by atoms with Crippen LogP contribution >= 0.6 is 11.3 Å². The molecular formula is C24H27FN8S. The van der Waals surface area contributed by atoms with Crippen molar-refractivity contribution in [1.29, 1.82) is 0 Å². The minimum atomic E-state index is -0.472. The summed E-state index contributed by atoms with van der Waals surface area (Å²) in [6.07, 6.45) is 3.03. The number of anilines is 4. The van der Waals surface area contributed by atoms with Gasteiger partial charge in [0.2, 0.25) is 5.95 Å². The van der Waals surface area contributed by atoms with Gasteiger partial charge in [0.1, 0.15) is 11.5 Å². The molecule has 2 N–H and O–H groups in total. The molecule has 3 aromatic heterocycles. The highest BCUT2D eigenvalue weighted by molar-refractivity contribution is 7.22. The number of benzene rings is 1. The van der Waals surface area contributed by atoms with E-state index in [0.29, 0.717) is 17.3 Å². The number of hydrogen-bond acceptors (Lipinski definition) is 9. The van der Waals surface area contributed by atoms with Crippen molar-refractivity contribution < 1.29 is 4.39 Å². The molecule has 1 aliphatic heterocycles. The van der Waals surface area contributed by atoms with Crippen molar-refractivity contribution in [1.82, 2.24) is 25.3 Å². The van der Waals surface area contributed by atoms with Gasteiger partial charge in [0, 0.05) is 44.8 Å². The number of nitrogens with zero attached hydrogens (tertiary/aromatic N) is 6. The van der Waals surface area contributed by atoms with Gasteiger partial charge in [-0.15, -0.1) is 0 Å². The Morgan fingerprint density at radius 1 is 1.06 bits per heavy atom. The highest BCUT2D eigenvalue weighted by Crippen LogP contribution is 2.32. The van der Waals surface area contributed by atoms with Crippen LogP contribution in [-0.4, -0.2) is 59.2 Å². The summed E-state index contributed by atoms with van der Waals surface area (Å²) in [4.78, 5) is 22.3. The average molecular weight is 479 g/mol. The SMILES string of the molecule is CCN(CC)c1nc2ccc(-c3nc(Nc4ccc(N5CCNCC5)cn4)ncc3F)cc2s1. The molecule has 1 aliphatic rings. The van der Waals surface area contributed by atoms with E-state index >= 15 is 0 Å². The fraction of sp³-hybridized carbons (Fsp3) is 0.333. The van der Waals surface area contributed by atoms with Gasteiger partial charge in [-0.25, -0.2) is 24.3 Å². The monoisotopic (exact) mass is 478 g/mol. The smallest absolute Gasteiger partial charge is 0.229 e. The van der Waals surface area contributed by atoms with Crippen molar-refractivity contribution in [2.45, 2.75) is 13.8 Å². The van der Waals surface area contributed by atoms with Crippen molar-refractivity contribution in [3.05, 3.63) is 48.5 Å². The Labute approximate surface area is 201 Å². The van der Waals surface area contributed by atoms with E-state index in [2.05, 4.69) is 49.2 Å². The number of aromatic nitrogens is 4. The maximum Gasteiger partial charge on any atom is 0.229 e. The van der Waals surface area contributed by atoms with Gasteiger partial charge in [-0.3, -0.25) is 0 Å². The van der Waals surface area contributed by atoms with E-state index in [9.17, 15) is 4.39 Å². The van der Waals surface area contributed by atoms with Gasteiger partial charge in [-0.1, -0.05) is 17.4 Å². The predicted molar refractivity (Wildman–Crippen MR) is 137 cm³/mol. The van der Waals surface area contributed by atoms with Crippen molar-refractivity contribution in [3.8, 4) is 11.3 Å². The first kappa shape index (κ1) is 22.4. The highest BCUT2D eigenvalue weighted by Gasteiger charge is 2.15. The van der Waals surface area contributed by atoms with Crippen LogP contribution in [0.15, 0.2) is 42.7 Å². The standard InChI is InChI=1S/C24H27FN8S/c1-3-32(4-2)24-29-19-7-5-16(13-20(19)34-24)22-18(25)15-28-23(31-22)30-21-8-6-17(14-27-21)33-11-9-26-10-12-33/h5-8,13-15,26H,3-4,9-12H2,1-2H3,(H,27,28,30,31). The third-order valence-corrected chi connectivity index (χ3v) is 6.98. The summed E-state index contributed by atoms with van der Waals surface area (Å²) < 4.78 is 15.7. The lowest BCUT2D eigenvalue weighted by atomic mass is 10.1. The number of hydrogen-bond donors (Lipinski definition) is 2. The van der Waals surface area contributed by atoms with E-state index in [4.69, 9.17) is 4.98 Å². The van der Waals surface area contributed by atoms with Crippen LogP contribution in [0.3, 0.4) is 0 Å². The van der Waals surface area contributed by atoms with E-state index in [1.54, 1.807) is 11.3 Å². The Hall–Kier alpha value is -3.37. The van der Waals surface area contributed by atoms with E-state index in [0.717, 1.165) is 60.3 Å². The normalized spacial score (nSPS) is 13.9. The molecule has 1 fully saturated rings. The highest BCUT2D eigenvalue weighted by atomic mass is 32.1. The molecule has 0 aliphatic carbocycles. The van der Waals surface area contributed by atoms with Crippen LogP contribution in [0.2, 0.25) is 0 Å². The first-order valence-electron chi connectivity index (χ1n) is 11.5. The Bertz CT molecular complexity index is 1270. The Morgan fingerprint density at radius 2 is 1.88 bits per heavy atom. The summed E-state index contributed by atoms with van der Waals surface area (Å²) in [7, 11) is 0. The quantitative estimate of drug-likeness (QED) is 0.407. The molecule has 5 rings (SSSR count). The minimum absolute atomic E-state index is 0.245. The van der Waals surface area contributed by atoms with Gasteiger partial charge < -0.3 is 20.4 Å². The summed E-state index contributed by atoms with van der Waals surface area (Å²) in [5, 5.41) is 7.41.